The van der Waals surface area contributed by atoms with Crippen LogP contribution in [0, 0.1) is 0 Å². The molecule has 3 nitrogen and oxygen atoms in total. The molecule has 0 saturated carbocycles. The van der Waals surface area contributed by atoms with Gasteiger partial charge < -0.3 is 15.2 Å². The van der Waals surface area contributed by atoms with E-state index in [1.54, 1.807) is 6.07 Å². The first-order valence-corrected chi connectivity index (χ1v) is 5.11. The van der Waals surface area contributed by atoms with Gasteiger partial charge in [0, 0.05) is 10.8 Å². The molecule has 2 rings (SSSR count). The number of thiophene rings is 1. The van der Waals surface area contributed by atoms with Crippen molar-refractivity contribution >= 4 is 45.6 Å². The van der Waals surface area contributed by atoms with E-state index in [0.29, 0.717) is 15.1 Å². The number of aromatic hydroxyl groups is 1. The molecule has 0 fully saturated rings. The molecule has 0 bridgehead atoms. The Bertz CT molecular complexity index is 483. The second-order valence-corrected chi connectivity index (χ2v) is 4.12. The summed E-state index contributed by atoms with van der Waals surface area (Å²) in [5.41, 5.74) is 0.267. The van der Waals surface area contributed by atoms with Crippen LogP contribution < -0.4 is 5.46 Å². The van der Waals surface area contributed by atoms with E-state index < -0.39 is 7.12 Å². The molecule has 0 aliphatic heterocycles. The zero-order valence-electron chi connectivity index (χ0n) is 6.94. The van der Waals surface area contributed by atoms with Gasteiger partial charge >= 0.3 is 7.12 Å². The molecule has 0 atom stereocenters. The molecule has 1 heterocycles. The van der Waals surface area contributed by atoms with Crippen molar-refractivity contribution in [2.45, 2.75) is 0 Å². The Morgan fingerprint density at radius 1 is 1.29 bits per heavy atom. The molecule has 0 spiro atoms. The molecule has 2 aromatic rings. The minimum atomic E-state index is -1.60. The Hall–Kier alpha value is -0.745. The summed E-state index contributed by atoms with van der Waals surface area (Å²) in [6, 6.07) is 3.07. The van der Waals surface area contributed by atoms with E-state index >= 15 is 0 Å². The van der Waals surface area contributed by atoms with Crippen LogP contribution in [-0.4, -0.2) is 22.3 Å². The lowest BCUT2D eigenvalue weighted by molar-refractivity contribution is 0.425. The van der Waals surface area contributed by atoms with Crippen LogP contribution in [0.2, 0.25) is 5.02 Å². The molecule has 14 heavy (non-hydrogen) atoms. The summed E-state index contributed by atoms with van der Waals surface area (Å²) in [7, 11) is -1.60. The van der Waals surface area contributed by atoms with Crippen LogP contribution in [0.3, 0.4) is 0 Å². The molecule has 0 radical (unpaired) electrons. The van der Waals surface area contributed by atoms with E-state index in [4.69, 9.17) is 21.6 Å². The average molecular weight is 228 g/mol. The number of rotatable bonds is 1. The van der Waals surface area contributed by atoms with E-state index in [9.17, 15) is 5.11 Å². The molecule has 0 saturated heterocycles. The first-order valence-electron chi connectivity index (χ1n) is 3.86. The molecular formula is C8H6BClO3S. The van der Waals surface area contributed by atoms with Crippen molar-refractivity contribution in [3.05, 3.63) is 22.5 Å². The number of fused-ring (bicyclic) bond motifs is 1. The van der Waals surface area contributed by atoms with E-state index in [1.165, 1.54) is 22.8 Å². The Morgan fingerprint density at radius 3 is 2.64 bits per heavy atom. The predicted molar refractivity (Wildman–Crippen MR) is 58.3 cm³/mol. The van der Waals surface area contributed by atoms with Gasteiger partial charge in [-0.1, -0.05) is 17.7 Å². The standard InChI is InChI=1S/C8H6BClO3S/c10-5-2-1-4(9(12)13)7-6(11)3-14-8(5)7/h1-3,11-13H. The van der Waals surface area contributed by atoms with Gasteiger partial charge in [-0.3, -0.25) is 0 Å². The summed E-state index contributed by atoms with van der Waals surface area (Å²) in [6.45, 7) is 0. The third-order valence-electron chi connectivity index (χ3n) is 1.96. The van der Waals surface area contributed by atoms with Gasteiger partial charge in [0.15, 0.2) is 0 Å². The number of hydrogen-bond donors (Lipinski definition) is 3. The summed E-state index contributed by atoms with van der Waals surface area (Å²) in [5.74, 6) is 0.0237. The third-order valence-corrected chi connectivity index (χ3v) is 3.39. The maximum atomic E-state index is 9.49. The number of benzene rings is 1. The quantitative estimate of drug-likeness (QED) is 0.637. The molecule has 0 amide bonds. The lowest BCUT2D eigenvalue weighted by Gasteiger charge is -2.03. The van der Waals surface area contributed by atoms with E-state index in [1.807, 2.05) is 0 Å². The highest BCUT2D eigenvalue weighted by molar-refractivity contribution is 7.18. The minimum absolute atomic E-state index is 0.0237. The molecule has 6 heteroatoms. The van der Waals surface area contributed by atoms with Crippen LogP contribution in [0.1, 0.15) is 0 Å². The van der Waals surface area contributed by atoms with Crippen molar-refractivity contribution < 1.29 is 15.2 Å². The van der Waals surface area contributed by atoms with Crippen molar-refractivity contribution in [1.29, 1.82) is 0 Å². The van der Waals surface area contributed by atoms with Gasteiger partial charge in [0.05, 0.1) is 9.72 Å². The van der Waals surface area contributed by atoms with Gasteiger partial charge in [0.1, 0.15) is 5.75 Å². The number of halogens is 1. The highest BCUT2D eigenvalue weighted by atomic mass is 35.5. The van der Waals surface area contributed by atoms with Crippen LogP contribution in [-0.2, 0) is 0 Å². The van der Waals surface area contributed by atoms with Crippen molar-refractivity contribution in [2.24, 2.45) is 0 Å². The van der Waals surface area contributed by atoms with Gasteiger partial charge in [-0.15, -0.1) is 11.3 Å². The van der Waals surface area contributed by atoms with Crippen LogP contribution >= 0.6 is 22.9 Å². The predicted octanol–water partition coefficient (Wildman–Crippen LogP) is 0.940. The van der Waals surface area contributed by atoms with E-state index in [2.05, 4.69) is 0 Å². The van der Waals surface area contributed by atoms with Crippen LogP contribution in [0.4, 0.5) is 0 Å². The molecule has 1 aromatic heterocycles. The summed E-state index contributed by atoms with van der Waals surface area (Å²) in [4.78, 5) is 0. The fourth-order valence-corrected chi connectivity index (χ4v) is 2.50. The molecule has 72 valence electrons. The zero-order chi connectivity index (χ0) is 10.3. The van der Waals surface area contributed by atoms with Crippen LogP contribution in [0.5, 0.6) is 5.75 Å². The average Bonchev–Trinajstić information content (AvgIpc) is 2.50. The smallest absolute Gasteiger partial charge is 0.489 e. The van der Waals surface area contributed by atoms with Crippen molar-refractivity contribution in [1.82, 2.24) is 0 Å². The number of hydrogen-bond acceptors (Lipinski definition) is 4. The maximum absolute atomic E-state index is 9.49. The molecule has 0 unspecified atom stereocenters. The zero-order valence-corrected chi connectivity index (χ0v) is 8.51. The van der Waals surface area contributed by atoms with Crippen LogP contribution in [0.15, 0.2) is 17.5 Å². The second kappa shape index (κ2) is 3.44. The molecular weight excluding hydrogens is 222 g/mol. The summed E-state index contributed by atoms with van der Waals surface area (Å²) < 4.78 is 0.662. The highest BCUT2D eigenvalue weighted by Crippen LogP contribution is 2.34. The van der Waals surface area contributed by atoms with Crippen molar-refractivity contribution in [3.63, 3.8) is 0 Å². The minimum Gasteiger partial charge on any atom is -0.506 e. The van der Waals surface area contributed by atoms with Crippen molar-refractivity contribution in [3.8, 4) is 5.75 Å². The van der Waals surface area contributed by atoms with Gasteiger partial charge in [-0.05, 0) is 11.5 Å². The van der Waals surface area contributed by atoms with Gasteiger partial charge in [-0.2, -0.15) is 0 Å². The Labute approximate surface area is 89.3 Å². The summed E-state index contributed by atoms with van der Waals surface area (Å²) in [6.07, 6.45) is 0. The monoisotopic (exact) mass is 228 g/mol. The largest absolute Gasteiger partial charge is 0.506 e. The molecule has 0 aliphatic carbocycles. The summed E-state index contributed by atoms with van der Waals surface area (Å²) >= 11 is 7.15. The van der Waals surface area contributed by atoms with Crippen molar-refractivity contribution in [2.75, 3.05) is 0 Å². The maximum Gasteiger partial charge on any atom is 0.489 e. The molecule has 1 aromatic carbocycles. The fourth-order valence-electron chi connectivity index (χ4n) is 1.34. The third kappa shape index (κ3) is 1.38. The van der Waals surface area contributed by atoms with E-state index in [0.717, 1.165) is 0 Å². The van der Waals surface area contributed by atoms with Crippen LogP contribution in [0.25, 0.3) is 10.1 Å². The lowest BCUT2D eigenvalue weighted by Crippen LogP contribution is -2.30. The Balaban J connectivity index is 2.85. The SMILES string of the molecule is OB(O)c1ccc(Cl)c2scc(O)c12. The topological polar surface area (TPSA) is 60.7 Å². The lowest BCUT2D eigenvalue weighted by atomic mass is 9.78. The van der Waals surface area contributed by atoms with Gasteiger partial charge in [0.25, 0.3) is 0 Å². The second-order valence-electron chi connectivity index (χ2n) is 2.84. The molecule has 3 N–H and O–H groups in total. The summed E-state index contributed by atoms with van der Waals surface area (Å²) in [5, 5.41) is 30.0. The first kappa shape index (κ1) is 9.80. The van der Waals surface area contributed by atoms with Gasteiger partial charge in [0.2, 0.25) is 0 Å². The fraction of sp³-hybridized carbons (Fsp3) is 0. The highest BCUT2D eigenvalue weighted by Gasteiger charge is 2.19. The Kier molecular flexibility index (Phi) is 2.40. The normalized spacial score (nSPS) is 10.8. The van der Waals surface area contributed by atoms with E-state index in [-0.39, 0.29) is 11.2 Å². The first-order chi connectivity index (χ1) is 6.61. The molecule has 0 aliphatic rings. The van der Waals surface area contributed by atoms with Gasteiger partial charge in [-0.25, -0.2) is 0 Å². The Morgan fingerprint density at radius 2 is 2.00 bits per heavy atom.